The fourth-order valence-electron chi connectivity index (χ4n) is 4.62. The van der Waals surface area contributed by atoms with Gasteiger partial charge in [0.15, 0.2) is 0 Å². The molecule has 0 saturated carbocycles. The zero-order valence-corrected chi connectivity index (χ0v) is 20.6. The highest BCUT2D eigenvalue weighted by molar-refractivity contribution is 6.01. The monoisotopic (exact) mass is 482 g/mol. The molecule has 3 aromatic carbocycles. The summed E-state index contributed by atoms with van der Waals surface area (Å²) < 4.78 is 6.05. The van der Waals surface area contributed by atoms with E-state index in [0.29, 0.717) is 32.2 Å². The molecule has 0 radical (unpaired) electrons. The standard InChI is InChI=1S/C29H30N4O3/c1-4-19(3)36-29-30-26-17-21(25-18-22(34)16-20-8-6-7-9-23(20)25)10-11-24(26)28(31-29)33-14-12-32(13-15-33)27(35)5-2/h5-11,16-19,34H,2,4,12-15H2,1,3H3/t19-/m1/s1. The van der Waals surface area contributed by atoms with E-state index in [9.17, 15) is 9.90 Å². The topological polar surface area (TPSA) is 78.8 Å². The molecule has 2 heterocycles. The van der Waals surface area contributed by atoms with Gasteiger partial charge < -0.3 is 19.6 Å². The minimum atomic E-state index is -0.0500. The van der Waals surface area contributed by atoms with E-state index in [1.54, 1.807) is 17.0 Å². The first-order chi connectivity index (χ1) is 17.5. The number of anilines is 1. The number of fused-ring (bicyclic) bond motifs is 2. The van der Waals surface area contributed by atoms with Crippen LogP contribution in [0.2, 0.25) is 0 Å². The smallest absolute Gasteiger partial charge is 0.319 e. The first kappa shape index (κ1) is 23.6. The number of carbonyl (C=O) groups is 1. The van der Waals surface area contributed by atoms with Crippen LogP contribution in [0.25, 0.3) is 32.8 Å². The van der Waals surface area contributed by atoms with E-state index < -0.39 is 0 Å². The van der Waals surface area contributed by atoms with Crippen molar-refractivity contribution in [2.45, 2.75) is 26.4 Å². The third-order valence-electron chi connectivity index (χ3n) is 6.76. The number of phenolic OH excluding ortho intramolecular Hbond substituents is 1. The lowest BCUT2D eigenvalue weighted by atomic mass is 9.97. The molecule has 1 fully saturated rings. The summed E-state index contributed by atoms with van der Waals surface area (Å²) in [7, 11) is 0. The Labute approximate surface area is 210 Å². The summed E-state index contributed by atoms with van der Waals surface area (Å²) in [5.74, 6) is 0.974. The second-order valence-electron chi connectivity index (χ2n) is 9.13. The summed E-state index contributed by atoms with van der Waals surface area (Å²) in [5.41, 5.74) is 2.66. The Morgan fingerprint density at radius 1 is 1.08 bits per heavy atom. The maximum absolute atomic E-state index is 12.0. The average molecular weight is 483 g/mol. The number of amides is 1. The fourth-order valence-corrected chi connectivity index (χ4v) is 4.62. The molecule has 7 heteroatoms. The van der Waals surface area contributed by atoms with Crippen LogP contribution in [-0.4, -0.2) is 58.2 Å². The molecule has 5 rings (SSSR count). The third-order valence-corrected chi connectivity index (χ3v) is 6.76. The molecular weight excluding hydrogens is 452 g/mol. The van der Waals surface area contributed by atoms with E-state index in [1.807, 2.05) is 43.3 Å². The molecule has 1 aromatic heterocycles. The van der Waals surface area contributed by atoms with Crippen molar-refractivity contribution in [3.05, 3.63) is 67.3 Å². The third kappa shape index (κ3) is 4.56. The molecule has 1 aliphatic rings. The number of aromatic nitrogens is 2. The number of rotatable bonds is 6. The summed E-state index contributed by atoms with van der Waals surface area (Å²) in [6, 6.07) is 18.0. The molecule has 36 heavy (non-hydrogen) atoms. The lowest BCUT2D eigenvalue weighted by molar-refractivity contribution is -0.126. The summed E-state index contributed by atoms with van der Waals surface area (Å²) in [6.07, 6.45) is 2.19. The molecule has 184 valence electrons. The summed E-state index contributed by atoms with van der Waals surface area (Å²) in [5, 5.41) is 13.3. The quantitative estimate of drug-likeness (QED) is 0.382. The molecule has 1 N–H and O–H groups in total. The van der Waals surface area contributed by atoms with Gasteiger partial charge in [-0.2, -0.15) is 9.97 Å². The van der Waals surface area contributed by atoms with Gasteiger partial charge in [-0.25, -0.2) is 0 Å². The van der Waals surface area contributed by atoms with Crippen LogP contribution in [0.15, 0.2) is 67.3 Å². The van der Waals surface area contributed by atoms with Crippen LogP contribution in [0.1, 0.15) is 20.3 Å². The first-order valence-electron chi connectivity index (χ1n) is 12.3. The Balaban J connectivity index is 1.59. The number of ether oxygens (including phenoxy) is 1. The van der Waals surface area contributed by atoms with Gasteiger partial charge in [0.2, 0.25) is 5.91 Å². The van der Waals surface area contributed by atoms with Crippen molar-refractivity contribution in [2.75, 3.05) is 31.1 Å². The lowest BCUT2D eigenvalue weighted by Crippen LogP contribution is -2.48. The molecule has 0 unspecified atom stereocenters. The van der Waals surface area contributed by atoms with Gasteiger partial charge in [0, 0.05) is 31.6 Å². The van der Waals surface area contributed by atoms with Crippen LogP contribution in [0, 0.1) is 0 Å². The number of hydrogen-bond acceptors (Lipinski definition) is 6. The molecule has 7 nitrogen and oxygen atoms in total. The molecule has 1 aliphatic heterocycles. The maximum Gasteiger partial charge on any atom is 0.319 e. The van der Waals surface area contributed by atoms with E-state index in [1.165, 1.54) is 6.08 Å². The molecular formula is C29H30N4O3. The van der Waals surface area contributed by atoms with Crippen molar-refractivity contribution in [3.63, 3.8) is 0 Å². The summed E-state index contributed by atoms with van der Waals surface area (Å²) in [4.78, 5) is 25.6. The van der Waals surface area contributed by atoms with Crippen LogP contribution in [0.4, 0.5) is 5.82 Å². The summed E-state index contributed by atoms with van der Waals surface area (Å²) in [6.45, 7) is 10.2. The zero-order chi connectivity index (χ0) is 25.2. The van der Waals surface area contributed by atoms with Crippen molar-refractivity contribution in [1.29, 1.82) is 0 Å². The number of aromatic hydroxyl groups is 1. The molecule has 1 saturated heterocycles. The SMILES string of the molecule is C=CC(=O)N1CCN(c2nc(O[C@H](C)CC)nc3cc(-c4cc(O)cc5ccccc45)ccc23)CC1. The maximum atomic E-state index is 12.0. The fraction of sp³-hybridized carbons (Fsp3) is 0.276. The van der Waals surface area contributed by atoms with Gasteiger partial charge in [-0.15, -0.1) is 0 Å². The van der Waals surface area contributed by atoms with Gasteiger partial charge in [0.25, 0.3) is 0 Å². The van der Waals surface area contributed by atoms with E-state index >= 15 is 0 Å². The minimum Gasteiger partial charge on any atom is -0.508 e. The molecule has 0 bridgehead atoms. The van der Waals surface area contributed by atoms with E-state index in [0.717, 1.165) is 45.0 Å². The second kappa shape index (κ2) is 9.85. The Morgan fingerprint density at radius 3 is 2.61 bits per heavy atom. The molecule has 1 amide bonds. The Bertz CT molecular complexity index is 1440. The van der Waals surface area contributed by atoms with Crippen molar-refractivity contribution in [2.24, 2.45) is 0 Å². The Hall–Kier alpha value is -4.13. The molecule has 0 aliphatic carbocycles. The zero-order valence-electron chi connectivity index (χ0n) is 20.6. The van der Waals surface area contributed by atoms with Crippen molar-refractivity contribution in [1.82, 2.24) is 14.9 Å². The molecule has 1 atom stereocenters. The van der Waals surface area contributed by atoms with Gasteiger partial charge >= 0.3 is 6.01 Å². The average Bonchev–Trinajstić information content (AvgIpc) is 2.91. The van der Waals surface area contributed by atoms with Crippen LogP contribution in [0.3, 0.4) is 0 Å². The first-order valence-corrected chi connectivity index (χ1v) is 12.3. The largest absolute Gasteiger partial charge is 0.508 e. The Morgan fingerprint density at radius 2 is 1.86 bits per heavy atom. The number of nitrogens with zero attached hydrogens (tertiary/aromatic N) is 4. The predicted molar refractivity (Wildman–Crippen MR) is 144 cm³/mol. The lowest BCUT2D eigenvalue weighted by Gasteiger charge is -2.35. The van der Waals surface area contributed by atoms with Crippen molar-refractivity contribution < 1.29 is 14.6 Å². The normalized spacial score (nSPS) is 14.7. The Kier molecular flexibility index (Phi) is 6.46. The predicted octanol–water partition coefficient (Wildman–Crippen LogP) is 5.17. The van der Waals surface area contributed by atoms with Gasteiger partial charge in [-0.1, -0.05) is 43.8 Å². The highest BCUT2D eigenvalue weighted by atomic mass is 16.5. The van der Waals surface area contributed by atoms with Crippen molar-refractivity contribution >= 4 is 33.4 Å². The van der Waals surface area contributed by atoms with E-state index in [-0.39, 0.29) is 17.8 Å². The van der Waals surface area contributed by atoms with Gasteiger partial charge in [-0.3, -0.25) is 4.79 Å². The number of benzene rings is 3. The second-order valence-corrected chi connectivity index (χ2v) is 9.13. The number of carbonyl (C=O) groups excluding carboxylic acids is 1. The van der Waals surface area contributed by atoms with Crippen LogP contribution < -0.4 is 9.64 Å². The highest BCUT2D eigenvalue weighted by Crippen LogP contribution is 2.36. The van der Waals surface area contributed by atoms with Gasteiger partial charge in [-0.05, 0) is 65.6 Å². The van der Waals surface area contributed by atoms with Gasteiger partial charge in [0.1, 0.15) is 11.6 Å². The number of phenols is 1. The number of piperazine rings is 1. The van der Waals surface area contributed by atoms with Crippen LogP contribution >= 0.6 is 0 Å². The highest BCUT2D eigenvalue weighted by Gasteiger charge is 2.23. The summed E-state index contributed by atoms with van der Waals surface area (Å²) >= 11 is 0. The minimum absolute atomic E-state index is 0.0180. The molecule has 0 spiro atoms. The van der Waals surface area contributed by atoms with E-state index in [4.69, 9.17) is 14.7 Å². The van der Waals surface area contributed by atoms with Crippen LogP contribution in [-0.2, 0) is 4.79 Å². The van der Waals surface area contributed by atoms with E-state index in [2.05, 4.69) is 24.5 Å². The van der Waals surface area contributed by atoms with Crippen molar-refractivity contribution in [3.8, 4) is 22.9 Å². The van der Waals surface area contributed by atoms with Crippen LogP contribution in [0.5, 0.6) is 11.8 Å². The van der Waals surface area contributed by atoms with Gasteiger partial charge in [0.05, 0.1) is 11.6 Å². The molecule has 4 aromatic rings. The number of hydrogen-bond donors (Lipinski definition) is 1.